The predicted molar refractivity (Wildman–Crippen MR) is 68.2 cm³/mol. The third-order valence-electron chi connectivity index (χ3n) is 1.68. The molecule has 1 N–H and O–H groups in total. The average molecular weight is 324 g/mol. The third-order valence-corrected chi connectivity index (χ3v) is 3.32. The molecule has 0 radical (unpaired) electrons. The summed E-state index contributed by atoms with van der Waals surface area (Å²) in [7, 11) is -3.44. The fourth-order valence-corrected chi connectivity index (χ4v) is 2.02. The quantitative estimate of drug-likeness (QED) is 0.855. The molecule has 0 aliphatic rings. The lowest BCUT2D eigenvalue weighted by atomic mass is 10.5. The van der Waals surface area contributed by atoms with Crippen LogP contribution in [0.4, 0.5) is 5.82 Å². The van der Waals surface area contributed by atoms with Crippen molar-refractivity contribution in [2.24, 2.45) is 0 Å². The first kappa shape index (κ1) is 14.3. The first-order valence-corrected chi connectivity index (χ1v) is 7.43. The van der Waals surface area contributed by atoms with Gasteiger partial charge in [0.1, 0.15) is 4.60 Å². The highest BCUT2D eigenvalue weighted by Crippen LogP contribution is 2.08. The Bertz CT molecular complexity index is 447. The second-order valence-corrected chi connectivity index (χ2v) is 6.22. The summed E-state index contributed by atoms with van der Waals surface area (Å²) in [4.78, 5) is 7.73. The SMILES string of the molecule is CC(C)OCCS(=O)(=O)Nc1cnc(Br)cn1. The van der Waals surface area contributed by atoms with Crippen LogP contribution in [0.3, 0.4) is 0 Å². The minimum absolute atomic E-state index is 0.0117. The van der Waals surface area contributed by atoms with Crippen LogP contribution in [0.5, 0.6) is 0 Å². The fourth-order valence-electron chi connectivity index (χ4n) is 0.969. The number of rotatable bonds is 6. The van der Waals surface area contributed by atoms with Gasteiger partial charge in [0.25, 0.3) is 0 Å². The molecule has 0 aliphatic heterocycles. The van der Waals surface area contributed by atoms with Gasteiger partial charge in [-0.1, -0.05) is 0 Å². The van der Waals surface area contributed by atoms with E-state index in [4.69, 9.17) is 4.74 Å². The third kappa shape index (κ3) is 5.94. The topological polar surface area (TPSA) is 81.2 Å². The molecule has 0 fully saturated rings. The molecule has 0 spiro atoms. The Kier molecular flexibility index (Phi) is 5.29. The van der Waals surface area contributed by atoms with Crippen molar-refractivity contribution in [3.8, 4) is 0 Å². The van der Waals surface area contributed by atoms with Crippen molar-refractivity contribution in [2.45, 2.75) is 20.0 Å². The summed E-state index contributed by atoms with van der Waals surface area (Å²) in [5, 5.41) is 0. The number of nitrogens with one attached hydrogen (secondary N) is 1. The maximum absolute atomic E-state index is 11.6. The van der Waals surface area contributed by atoms with Crippen LogP contribution in [0.25, 0.3) is 0 Å². The standard InChI is InChI=1S/C9H14BrN3O3S/c1-7(2)16-3-4-17(14,15)13-9-6-11-8(10)5-12-9/h5-7H,3-4H2,1-2H3,(H,12,13). The summed E-state index contributed by atoms with van der Waals surface area (Å²) < 4.78 is 31.2. The molecule has 0 atom stereocenters. The summed E-state index contributed by atoms with van der Waals surface area (Å²) in [5.74, 6) is 0.0841. The molecular weight excluding hydrogens is 310 g/mol. The molecule has 0 amide bonds. The first-order valence-electron chi connectivity index (χ1n) is 4.99. The minimum atomic E-state index is -3.44. The highest BCUT2D eigenvalue weighted by atomic mass is 79.9. The molecule has 0 unspecified atom stereocenters. The van der Waals surface area contributed by atoms with Gasteiger partial charge in [-0.15, -0.1) is 0 Å². The Morgan fingerprint density at radius 3 is 2.65 bits per heavy atom. The van der Waals surface area contributed by atoms with Gasteiger partial charge in [-0.2, -0.15) is 0 Å². The second kappa shape index (κ2) is 6.27. The molecule has 0 aliphatic carbocycles. The van der Waals surface area contributed by atoms with Crippen molar-refractivity contribution in [3.63, 3.8) is 0 Å². The molecule has 1 rings (SSSR count). The van der Waals surface area contributed by atoms with E-state index in [1.165, 1.54) is 12.4 Å². The Hall–Kier alpha value is -0.730. The lowest BCUT2D eigenvalue weighted by Crippen LogP contribution is -2.22. The van der Waals surface area contributed by atoms with E-state index in [2.05, 4.69) is 30.6 Å². The first-order chi connectivity index (χ1) is 7.89. The van der Waals surface area contributed by atoms with E-state index in [0.29, 0.717) is 4.60 Å². The highest BCUT2D eigenvalue weighted by molar-refractivity contribution is 9.10. The van der Waals surface area contributed by atoms with Gasteiger partial charge in [-0.05, 0) is 29.8 Å². The van der Waals surface area contributed by atoms with Crippen LogP contribution in [-0.4, -0.2) is 36.8 Å². The molecule has 1 aromatic rings. The molecule has 96 valence electrons. The second-order valence-electron chi connectivity index (χ2n) is 3.56. The minimum Gasteiger partial charge on any atom is -0.378 e. The number of anilines is 1. The van der Waals surface area contributed by atoms with Crippen LogP contribution >= 0.6 is 15.9 Å². The van der Waals surface area contributed by atoms with Crippen LogP contribution in [0.15, 0.2) is 17.0 Å². The fraction of sp³-hybridized carbons (Fsp3) is 0.556. The van der Waals surface area contributed by atoms with Crippen molar-refractivity contribution in [3.05, 3.63) is 17.0 Å². The number of ether oxygens (including phenoxy) is 1. The monoisotopic (exact) mass is 323 g/mol. The number of hydrogen-bond donors (Lipinski definition) is 1. The molecular formula is C9H14BrN3O3S. The Balaban J connectivity index is 2.52. The lowest BCUT2D eigenvalue weighted by molar-refractivity contribution is 0.0913. The Morgan fingerprint density at radius 1 is 1.41 bits per heavy atom. The summed E-state index contributed by atoms with van der Waals surface area (Å²) >= 11 is 3.11. The van der Waals surface area contributed by atoms with Gasteiger partial charge in [0.2, 0.25) is 10.0 Å². The van der Waals surface area contributed by atoms with Crippen molar-refractivity contribution in [2.75, 3.05) is 17.1 Å². The zero-order valence-corrected chi connectivity index (χ0v) is 12.0. The molecule has 17 heavy (non-hydrogen) atoms. The maximum atomic E-state index is 11.6. The van der Waals surface area contributed by atoms with Crippen molar-refractivity contribution < 1.29 is 13.2 Å². The van der Waals surface area contributed by atoms with Gasteiger partial charge in [0.15, 0.2) is 5.82 Å². The van der Waals surface area contributed by atoms with E-state index in [1.54, 1.807) is 0 Å². The van der Waals surface area contributed by atoms with Gasteiger partial charge in [0.05, 0.1) is 30.9 Å². The molecule has 6 nitrogen and oxygen atoms in total. The predicted octanol–water partition coefficient (Wildman–Crippen LogP) is 1.41. The van der Waals surface area contributed by atoms with E-state index in [1.807, 2.05) is 13.8 Å². The average Bonchev–Trinajstić information content (AvgIpc) is 2.20. The molecule has 0 saturated heterocycles. The van der Waals surface area contributed by atoms with Gasteiger partial charge in [-0.25, -0.2) is 18.4 Å². The van der Waals surface area contributed by atoms with E-state index in [-0.39, 0.29) is 24.3 Å². The summed E-state index contributed by atoms with van der Waals surface area (Å²) in [6.45, 7) is 3.84. The number of aromatic nitrogens is 2. The maximum Gasteiger partial charge on any atom is 0.236 e. The smallest absolute Gasteiger partial charge is 0.236 e. The van der Waals surface area contributed by atoms with Crippen LogP contribution in [0.2, 0.25) is 0 Å². The number of halogens is 1. The molecule has 0 bridgehead atoms. The molecule has 0 aromatic carbocycles. The number of hydrogen-bond acceptors (Lipinski definition) is 5. The van der Waals surface area contributed by atoms with E-state index in [0.717, 1.165) is 0 Å². The van der Waals surface area contributed by atoms with Gasteiger partial charge < -0.3 is 4.74 Å². The zero-order valence-electron chi connectivity index (χ0n) is 9.55. The van der Waals surface area contributed by atoms with Crippen molar-refractivity contribution >= 4 is 31.8 Å². The van der Waals surface area contributed by atoms with Crippen LogP contribution < -0.4 is 4.72 Å². The normalized spacial score (nSPS) is 11.8. The number of nitrogens with zero attached hydrogens (tertiary/aromatic N) is 2. The van der Waals surface area contributed by atoms with Crippen LogP contribution in [0, 0.1) is 0 Å². The molecule has 1 heterocycles. The van der Waals surface area contributed by atoms with Crippen molar-refractivity contribution in [1.29, 1.82) is 0 Å². The molecule has 0 saturated carbocycles. The largest absolute Gasteiger partial charge is 0.378 e. The van der Waals surface area contributed by atoms with E-state index in [9.17, 15) is 8.42 Å². The Morgan fingerprint density at radius 2 is 2.12 bits per heavy atom. The van der Waals surface area contributed by atoms with Gasteiger partial charge in [0, 0.05) is 0 Å². The van der Waals surface area contributed by atoms with Crippen LogP contribution in [-0.2, 0) is 14.8 Å². The molecule has 1 aromatic heterocycles. The van der Waals surface area contributed by atoms with E-state index >= 15 is 0 Å². The number of sulfonamides is 1. The lowest BCUT2D eigenvalue weighted by Gasteiger charge is -2.09. The van der Waals surface area contributed by atoms with Gasteiger partial charge in [-0.3, -0.25) is 4.72 Å². The summed E-state index contributed by atoms with van der Waals surface area (Å²) in [6, 6.07) is 0. The summed E-state index contributed by atoms with van der Waals surface area (Å²) in [6.07, 6.45) is 2.77. The molecule has 8 heteroatoms. The highest BCUT2D eigenvalue weighted by Gasteiger charge is 2.11. The zero-order chi connectivity index (χ0) is 12.9. The van der Waals surface area contributed by atoms with E-state index < -0.39 is 10.0 Å². The van der Waals surface area contributed by atoms with Gasteiger partial charge >= 0.3 is 0 Å². The van der Waals surface area contributed by atoms with Crippen molar-refractivity contribution in [1.82, 2.24) is 9.97 Å². The van der Waals surface area contributed by atoms with Crippen LogP contribution in [0.1, 0.15) is 13.8 Å². The Labute approximate surface area is 109 Å². The summed E-state index contributed by atoms with van der Waals surface area (Å²) in [5.41, 5.74) is 0.